The Morgan fingerprint density at radius 2 is 2.20 bits per heavy atom. The van der Waals surface area contributed by atoms with Gasteiger partial charge in [-0.05, 0) is 50.0 Å². The van der Waals surface area contributed by atoms with Crippen molar-refractivity contribution in [1.29, 1.82) is 0 Å². The van der Waals surface area contributed by atoms with E-state index in [1.807, 2.05) is 0 Å². The van der Waals surface area contributed by atoms with Crippen molar-refractivity contribution >= 4 is 12.0 Å². The highest BCUT2D eigenvalue weighted by molar-refractivity contribution is 6.26. The maximum absolute atomic E-state index is 12.1. The Balaban J connectivity index is 2.18. The number of rotatable bonds is 5. The largest absolute Gasteiger partial charge is 0.377 e. The molecule has 110 valence electrons. The average molecular weight is 276 g/mol. The van der Waals surface area contributed by atoms with Crippen molar-refractivity contribution in [3.8, 4) is 0 Å². The van der Waals surface area contributed by atoms with Gasteiger partial charge in [-0.25, -0.2) is 0 Å². The van der Waals surface area contributed by atoms with Crippen LogP contribution in [0.25, 0.3) is 5.53 Å². The van der Waals surface area contributed by atoms with Crippen molar-refractivity contribution in [3.05, 3.63) is 17.2 Å². The van der Waals surface area contributed by atoms with E-state index in [9.17, 15) is 4.79 Å². The van der Waals surface area contributed by atoms with Gasteiger partial charge in [-0.3, -0.25) is 4.79 Å². The van der Waals surface area contributed by atoms with Crippen LogP contribution < -0.4 is 0 Å². The minimum atomic E-state index is -0.0626. The van der Waals surface area contributed by atoms with Gasteiger partial charge in [-0.1, -0.05) is 18.9 Å². The summed E-state index contributed by atoms with van der Waals surface area (Å²) in [5, 5.41) is 0. The molecule has 4 nitrogen and oxygen atoms in total. The minimum Gasteiger partial charge on any atom is -0.377 e. The predicted molar refractivity (Wildman–Crippen MR) is 77.5 cm³/mol. The Hall–Kier alpha value is -1.25. The molecule has 0 aliphatic heterocycles. The van der Waals surface area contributed by atoms with Crippen molar-refractivity contribution in [1.82, 2.24) is 0 Å². The van der Waals surface area contributed by atoms with Crippen molar-refractivity contribution in [3.63, 3.8) is 0 Å². The molecule has 0 aromatic heterocycles. The van der Waals surface area contributed by atoms with E-state index in [0.717, 1.165) is 44.7 Å². The number of ether oxygens (including phenoxy) is 1. The molecule has 2 aliphatic rings. The van der Waals surface area contributed by atoms with E-state index < -0.39 is 0 Å². The van der Waals surface area contributed by atoms with Gasteiger partial charge in [0, 0.05) is 13.0 Å². The third-order valence-corrected chi connectivity index (χ3v) is 4.70. The van der Waals surface area contributed by atoms with E-state index in [1.54, 1.807) is 7.11 Å². The van der Waals surface area contributed by atoms with Crippen LogP contribution in [-0.2, 0) is 9.53 Å². The zero-order valence-electron chi connectivity index (χ0n) is 12.3. The molecule has 4 heteroatoms. The number of carbonyl (C=O) groups excluding carboxylic acids is 1. The lowest BCUT2D eigenvalue weighted by molar-refractivity contribution is -0.124. The van der Waals surface area contributed by atoms with Gasteiger partial charge in [0.1, 0.15) is 0 Å². The second kappa shape index (κ2) is 7.51. The molecule has 0 saturated heterocycles. The molecule has 0 spiro atoms. The lowest BCUT2D eigenvalue weighted by Crippen LogP contribution is -2.38. The van der Waals surface area contributed by atoms with Crippen LogP contribution in [0.5, 0.6) is 0 Å². The van der Waals surface area contributed by atoms with Gasteiger partial charge in [0.05, 0.1) is 6.10 Å². The SMILES string of the molecule is CO[C@@H](C1=CCCCC1)[C@@H]1CCCC[C@H]1C(=O)C=[N+]=[N-]. The number of hydrogen-bond donors (Lipinski definition) is 0. The van der Waals surface area contributed by atoms with Crippen molar-refractivity contribution in [2.75, 3.05) is 7.11 Å². The van der Waals surface area contributed by atoms with Crippen LogP contribution in [-0.4, -0.2) is 30.0 Å². The monoisotopic (exact) mass is 276 g/mol. The molecule has 1 saturated carbocycles. The first-order chi connectivity index (χ1) is 9.77. The number of hydrogen-bond acceptors (Lipinski definition) is 2. The van der Waals surface area contributed by atoms with Crippen molar-refractivity contribution < 1.29 is 14.3 Å². The second-order valence-electron chi connectivity index (χ2n) is 5.88. The minimum absolute atomic E-state index is 0.0524. The Bertz CT molecular complexity index is 424. The summed E-state index contributed by atoms with van der Waals surface area (Å²) in [5.41, 5.74) is 9.97. The molecule has 0 heterocycles. The summed E-state index contributed by atoms with van der Waals surface area (Å²) in [6.07, 6.45) is 12.2. The molecule has 1 fully saturated rings. The molecule has 0 bridgehead atoms. The van der Waals surface area contributed by atoms with Gasteiger partial charge in [-0.15, -0.1) is 0 Å². The van der Waals surface area contributed by atoms with E-state index in [-0.39, 0.29) is 23.7 Å². The Kier molecular flexibility index (Phi) is 5.69. The molecule has 3 atom stereocenters. The normalized spacial score (nSPS) is 28.1. The van der Waals surface area contributed by atoms with E-state index in [0.29, 0.717) is 0 Å². The number of Topliss-reactive ketones (excluding diaryl/α,β-unsaturated/α-hetero) is 1. The van der Waals surface area contributed by atoms with Gasteiger partial charge >= 0.3 is 6.21 Å². The summed E-state index contributed by atoms with van der Waals surface area (Å²) in [7, 11) is 1.75. The quantitative estimate of drug-likeness (QED) is 0.335. The van der Waals surface area contributed by atoms with E-state index >= 15 is 0 Å². The van der Waals surface area contributed by atoms with Crippen LogP contribution in [0.3, 0.4) is 0 Å². The summed E-state index contributed by atoms with van der Waals surface area (Å²) in [4.78, 5) is 15.0. The highest BCUT2D eigenvalue weighted by atomic mass is 16.5. The maximum Gasteiger partial charge on any atom is 0.323 e. The Morgan fingerprint density at radius 1 is 1.40 bits per heavy atom. The predicted octanol–water partition coefficient (Wildman–Crippen LogP) is 3.18. The fourth-order valence-electron chi connectivity index (χ4n) is 3.75. The number of nitrogens with zero attached hydrogens (tertiary/aromatic N) is 2. The number of ketones is 1. The van der Waals surface area contributed by atoms with Gasteiger partial charge in [0.15, 0.2) is 0 Å². The molecule has 2 rings (SSSR count). The summed E-state index contributed by atoms with van der Waals surface area (Å²) in [6.45, 7) is 0. The third-order valence-electron chi connectivity index (χ3n) is 4.70. The number of allylic oxidation sites excluding steroid dienone is 1. The lowest BCUT2D eigenvalue weighted by atomic mass is 9.71. The first-order valence-corrected chi connectivity index (χ1v) is 7.71. The van der Waals surface area contributed by atoms with Gasteiger partial charge < -0.3 is 10.3 Å². The topological polar surface area (TPSA) is 62.7 Å². The molecule has 2 aliphatic carbocycles. The van der Waals surface area contributed by atoms with Gasteiger partial charge in [-0.2, -0.15) is 4.79 Å². The van der Waals surface area contributed by atoms with Crippen LogP contribution in [0.4, 0.5) is 0 Å². The Morgan fingerprint density at radius 3 is 2.85 bits per heavy atom. The number of methoxy groups -OCH3 is 1. The van der Waals surface area contributed by atoms with Crippen LogP contribution in [0, 0.1) is 11.8 Å². The third kappa shape index (κ3) is 3.44. The van der Waals surface area contributed by atoms with Crippen molar-refractivity contribution in [2.24, 2.45) is 11.8 Å². The van der Waals surface area contributed by atoms with Crippen LogP contribution in [0.1, 0.15) is 51.4 Å². The summed E-state index contributed by atoms with van der Waals surface area (Å²) in [6, 6.07) is 0. The first kappa shape index (κ1) is 15.1. The lowest BCUT2D eigenvalue weighted by Gasteiger charge is -2.36. The average Bonchev–Trinajstić information content (AvgIpc) is 2.50. The molecule has 20 heavy (non-hydrogen) atoms. The highest BCUT2D eigenvalue weighted by Gasteiger charge is 2.38. The van der Waals surface area contributed by atoms with E-state index in [2.05, 4.69) is 10.9 Å². The van der Waals surface area contributed by atoms with E-state index in [1.165, 1.54) is 18.4 Å². The fourth-order valence-corrected chi connectivity index (χ4v) is 3.75. The molecular weight excluding hydrogens is 252 g/mol. The fraction of sp³-hybridized carbons (Fsp3) is 0.750. The molecule has 0 aromatic carbocycles. The van der Waals surface area contributed by atoms with Crippen molar-refractivity contribution in [2.45, 2.75) is 57.5 Å². The molecule has 0 radical (unpaired) electrons. The van der Waals surface area contributed by atoms with Gasteiger partial charge in [0.2, 0.25) is 5.78 Å². The summed E-state index contributed by atoms with van der Waals surface area (Å²) >= 11 is 0. The maximum atomic E-state index is 12.1. The van der Waals surface area contributed by atoms with Crippen LogP contribution in [0.2, 0.25) is 0 Å². The van der Waals surface area contributed by atoms with Crippen LogP contribution in [0.15, 0.2) is 11.6 Å². The summed E-state index contributed by atoms with van der Waals surface area (Å²) < 4.78 is 5.76. The molecule has 0 unspecified atom stereocenters. The zero-order chi connectivity index (χ0) is 14.4. The molecular formula is C16H24N2O2. The smallest absolute Gasteiger partial charge is 0.323 e. The zero-order valence-corrected chi connectivity index (χ0v) is 12.3. The Labute approximate surface area is 120 Å². The molecule has 0 N–H and O–H groups in total. The second-order valence-corrected chi connectivity index (χ2v) is 5.88. The first-order valence-electron chi connectivity index (χ1n) is 7.71. The molecule has 0 amide bonds. The number of carbonyl (C=O) groups is 1. The summed E-state index contributed by atoms with van der Waals surface area (Å²) in [5.74, 6) is 0.103. The molecule has 0 aromatic rings. The standard InChI is InChI=1S/C16H24N2O2/c1-20-16(12-7-3-2-4-8-12)14-10-6-5-9-13(14)15(19)11-18-17/h7,11,13-14,16H,2-6,8-10H2,1H3/t13-,14-,16+/m1/s1. The highest BCUT2D eigenvalue weighted by Crippen LogP contribution is 2.38. The van der Waals surface area contributed by atoms with Crippen LogP contribution >= 0.6 is 0 Å². The van der Waals surface area contributed by atoms with Gasteiger partial charge in [0.25, 0.3) is 0 Å². The van der Waals surface area contributed by atoms with E-state index in [4.69, 9.17) is 10.3 Å².